The van der Waals surface area contributed by atoms with Crippen LogP contribution in [-0.4, -0.2) is 153 Å². The number of amides is 5. The van der Waals surface area contributed by atoms with Gasteiger partial charge in [0.05, 0.1) is 67.9 Å². The summed E-state index contributed by atoms with van der Waals surface area (Å²) in [6.07, 6.45) is -9.76. The van der Waals surface area contributed by atoms with Crippen LogP contribution in [0.3, 0.4) is 0 Å². The van der Waals surface area contributed by atoms with Gasteiger partial charge in [-0.3, -0.25) is 28.8 Å². The number of cyclic esters (lactones) is 1. The SMILES string of the molecule is CC[C@@]1(O)C(=O)OCc2c1cc1n(c2=O)Cc2c-1nc1cc(F)c(C)c3c1c2[C@@H](NC(=O)[C@@H](CO[C@@H]1O[C@H](CO)[C@H](O)[C@H](O)[C@H]1O)OCNC(=O)CNC(=O)[C@H](Cc1ccccc1)NC(=O)CNC(=O)CN)CC3. The van der Waals surface area contributed by atoms with Crippen molar-refractivity contribution in [1.29, 1.82) is 0 Å². The fourth-order valence-corrected chi connectivity index (χ4v) is 9.68. The second-order valence-corrected chi connectivity index (χ2v) is 18.4. The van der Waals surface area contributed by atoms with E-state index in [4.69, 9.17) is 29.7 Å². The van der Waals surface area contributed by atoms with E-state index in [0.29, 0.717) is 33.2 Å². The van der Waals surface area contributed by atoms with Crippen molar-refractivity contribution in [2.75, 3.05) is 39.6 Å². The minimum atomic E-state index is -2.12. The maximum Gasteiger partial charge on any atom is 0.343 e. The number of aliphatic hydroxyl groups excluding tert-OH is 4. The summed E-state index contributed by atoms with van der Waals surface area (Å²) in [6.45, 7) is -0.902. The molecule has 0 spiro atoms. The first kappa shape index (κ1) is 53.5. The standard InChI is InChI=1S/C49H57FN8O16/c1-3-49(70)27-12-32-40-25(17-58(32)46(68)26(27)19-72-48(49)69)39-29(10-9-24-22(2)28(50)13-30(56-40)38(24)39)57-45(67)34(20-71-47-43(65)42(64)41(63)33(18-59)74-47)73-21-54-36(61)15-53-44(66)31(11-23-7-5-4-6-8-23)55-37(62)16-52-35(60)14-51/h4-8,12-13,29,31,33-34,41-43,47,59,63-65,70H,3,9-11,14-21,51H2,1-2H3,(H,52,60)(H,53,66)(H,54,61)(H,55,62)(H,57,67)/t29-,31-,33+,34+,41-,42-,43+,47+,49-/m0/s1. The van der Waals surface area contributed by atoms with E-state index >= 15 is 4.39 Å². The Morgan fingerprint density at radius 2 is 1.70 bits per heavy atom. The Hall–Kier alpha value is -6.81. The second kappa shape index (κ2) is 22.3. The van der Waals surface area contributed by atoms with Crippen LogP contribution in [0.1, 0.15) is 64.8 Å². The molecule has 2 aromatic carbocycles. The number of hydrogen-bond acceptors (Lipinski definition) is 18. The molecule has 4 aromatic rings. The normalized spacial score (nSPS) is 23.3. The lowest BCUT2D eigenvalue weighted by Crippen LogP contribution is -2.59. The zero-order valence-electron chi connectivity index (χ0n) is 40.2. The molecule has 3 aliphatic heterocycles. The van der Waals surface area contributed by atoms with Crippen molar-refractivity contribution in [3.8, 4) is 11.4 Å². The molecule has 9 atom stereocenters. The van der Waals surface area contributed by atoms with Crippen molar-refractivity contribution < 1.29 is 77.6 Å². The number of carbonyl (C=O) groups is 6. The van der Waals surface area contributed by atoms with E-state index in [1.54, 1.807) is 44.2 Å². The summed E-state index contributed by atoms with van der Waals surface area (Å²) in [5.41, 5.74) is 6.10. The number of nitrogens with two attached hydrogens (primary N) is 1. The van der Waals surface area contributed by atoms with Gasteiger partial charge in [0.2, 0.25) is 23.6 Å². The van der Waals surface area contributed by atoms with E-state index in [0.717, 1.165) is 0 Å². The van der Waals surface area contributed by atoms with Crippen LogP contribution in [0.25, 0.3) is 22.3 Å². The molecule has 24 nitrogen and oxygen atoms in total. The smallest absolute Gasteiger partial charge is 0.343 e. The molecule has 396 valence electrons. The first-order valence-corrected chi connectivity index (χ1v) is 23.9. The highest BCUT2D eigenvalue weighted by atomic mass is 19.1. The number of pyridine rings is 2. The molecule has 0 unspecified atom stereocenters. The number of esters is 1. The lowest BCUT2D eigenvalue weighted by molar-refractivity contribution is -0.304. The maximum absolute atomic E-state index is 15.6. The Balaban J connectivity index is 1.03. The number of benzene rings is 2. The highest BCUT2D eigenvalue weighted by Gasteiger charge is 2.47. The van der Waals surface area contributed by atoms with E-state index in [9.17, 15) is 59.1 Å². The largest absolute Gasteiger partial charge is 0.458 e. The summed E-state index contributed by atoms with van der Waals surface area (Å²) in [7, 11) is 0. The zero-order valence-corrected chi connectivity index (χ0v) is 40.2. The molecule has 74 heavy (non-hydrogen) atoms. The van der Waals surface area contributed by atoms with Crippen LogP contribution in [-0.2, 0) is 79.3 Å². The fourth-order valence-electron chi connectivity index (χ4n) is 9.68. The van der Waals surface area contributed by atoms with Gasteiger partial charge in [-0.15, -0.1) is 0 Å². The molecule has 1 fully saturated rings. The first-order chi connectivity index (χ1) is 35.4. The number of nitrogens with one attached hydrogen (secondary N) is 5. The van der Waals surface area contributed by atoms with Gasteiger partial charge in [-0.2, -0.15) is 0 Å². The van der Waals surface area contributed by atoms with Gasteiger partial charge in [0.1, 0.15) is 49.6 Å². The first-order valence-electron chi connectivity index (χ1n) is 23.9. The number of fused-ring (bicyclic) bond motifs is 5. The van der Waals surface area contributed by atoms with Crippen LogP contribution in [0, 0.1) is 12.7 Å². The Morgan fingerprint density at radius 1 is 0.959 bits per heavy atom. The molecule has 5 heterocycles. The number of aliphatic hydroxyl groups is 5. The molecule has 0 saturated carbocycles. The number of carbonyl (C=O) groups excluding carboxylic acids is 6. The van der Waals surface area contributed by atoms with Gasteiger partial charge in [0.25, 0.3) is 11.5 Å². The average molecular weight is 1030 g/mol. The maximum atomic E-state index is 15.6. The van der Waals surface area contributed by atoms with Crippen LogP contribution in [0.5, 0.6) is 0 Å². The Kier molecular flexibility index (Phi) is 16.2. The zero-order chi connectivity index (χ0) is 53.2. The number of halogens is 1. The van der Waals surface area contributed by atoms with Crippen molar-refractivity contribution in [1.82, 2.24) is 36.1 Å². The fraction of sp³-hybridized carbons (Fsp3) is 0.469. The van der Waals surface area contributed by atoms with E-state index in [1.807, 2.05) is 0 Å². The molecule has 25 heteroatoms. The third-order valence-corrected chi connectivity index (χ3v) is 13.8. The third-order valence-electron chi connectivity index (χ3n) is 13.8. The predicted octanol–water partition coefficient (Wildman–Crippen LogP) is -3.18. The minimum Gasteiger partial charge on any atom is -0.458 e. The van der Waals surface area contributed by atoms with Crippen molar-refractivity contribution in [3.63, 3.8) is 0 Å². The van der Waals surface area contributed by atoms with Crippen LogP contribution < -0.4 is 37.9 Å². The third kappa shape index (κ3) is 10.6. The molecule has 12 N–H and O–H groups in total. The Morgan fingerprint density at radius 3 is 2.42 bits per heavy atom. The van der Waals surface area contributed by atoms with E-state index < -0.39 is 134 Å². The lowest BCUT2D eigenvalue weighted by atomic mass is 9.81. The van der Waals surface area contributed by atoms with E-state index in [1.165, 1.54) is 16.7 Å². The minimum absolute atomic E-state index is 0.0182. The van der Waals surface area contributed by atoms with Crippen molar-refractivity contribution in [2.24, 2.45) is 5.73 Å². The molecule has 1 saturated heterocycles. The summed E-state index contributed by atoms with van der Waals surface area (Å²) >= 11 is 0. The summed E-state index contributed by atoms with van der Waals surface area (Å²) in [6, 6.07) is 9.37. The number of nitrogens with zero attached hydrogens (tertiary/aromatic N) is 2. The van der Waals surface area contributed by atoms with Gasteiger partial charge in [-0.1, -0.05) is 37.3 Å². The molecular formula is C49H57FN8O16. The van der Waals surface area contributed by atoms with Gasteiger partial charge in [0, 0.05) is 29.0 Å². The number of aromatic nitrogens is 2. The summed E-state index contributed by atoms with van der Waals surface area (Å²) in [4.78, 5) is 97.2. The van der Waals surface area contributed by atoms with Gasteiger partial charge < -0.3 is 81.4 Å². The number of ether oxygens (including phenoxy) is 4. The Labute approximate surface area is 420 Å². The van der Waals surface area contributed by atoms with Crippen molar-refractivity contribution >= 4 is 46.4 Å². The molecule has 5 amide bonds. The van der Waals surface area contributed by atoms with Crippen LogP contribution >= 0.6 is 0 Å². The molecule has 8 rings (SSSR count). The summed E-state index contributed by atoms with van der Waals surface area (Å²) < 4.78 is 39.3. The number of aryl methyl sites for hydroxylation is 1. The van der Waals surface area contributed by atoms with Gasteiger partial charge in [-0.05, 0) is 54.5 Å². The molecule has 0 bridgehead atoms. The van der Waals surface area contributed by atoms with Gasteiger partial charge in [0.15, 0.2) is 18.0 Å². The quantitative estimate of drug-likeness (QED) is 0.0287. The lowest BCUT2D eigenvalue weighted by Gasteiger charge is -2.40. The summed E-state index contributed by atoms with van der Waals surface area (Å²) in [5.74, 6) is -5.16. The topological polar surface area (TPSA) is 362 Å². The van der Waals surface area contributed by atoms with Gasteiger partial charge in [-0.25, -0.2) is 14.2 Å². The van der Waals surface area contributed by atoms with E-state index in [2.05, 4.69) is 26.6 Å². The monoisotopic (exact) mass is 1030 g/mol. The Bertz CT molecular complexity index is 2920. The average Bonchev–Trinajstić information content (AvgIpc) is 3.77. The van der Waals surface area contributed by atoms with Crippen LogP contribution in [0.2, 0.25) is 0 Å². The molecule has 2 aromatic heterocycles. The molecule has 4 aliphatic rings. The second-order valence-electron chi connectivity index (χ2n) is 18.4. The van der Waals surface area contributed by atoms with Crippen molar-refractivity contribution in [3.05, 3.63) is 97.6 Å². The van der Waals surface area contributed by atoms with Crippen LogP contribution in [0.15, 0.2) is 47.3 Å². The highest BCUT2D eigenvalue weighted by Crippen LogP contribution is 2.46. The van der Waals surface area contributed by atoms with Crippen LogP contribution in [0.4, 0.5) is 4.39 Å². The van der Waals surface area contributed by atoms with Crippen molar-refractivity contribution in [2.45, 2.75) is 107 Å². The number of rotatable bonds is 19. The summed E-state index contributed by atoms with van der Waals surface area (Å²) in [5, 5.41) is 65.9. The number of hydrogen-bond donors (Lipinski definition) is 11. The predicted molar refractivity (Wildman–Crippen MR) is 253 cm³/mol. The van der Waals surface area contributed by atoms with E-state index in [-0.39, 0.29) is 73.4 Å². The molecule has 1 aliphatic carbocycles. The van der Waals surface area contributed by atoms with Gasteiger partial charge >= 0.3 is 5.97 Å². The molecular weight excluding hydrogens is 976 g/mol. The highest BCUT2D eigenvalue weighted by molar-refractivity contribution is 5.95. The molecule has 0 radical (unpaired) electrons.